The van der Waals surface area contributed by atoms with Crippen molar-refractivity contribution in [2.75, 3.05) is 52.7 Å². The molecular weight excluding hydrogens is 584 g/mol. The van der Waals surface area contributed by atoms with Crippen LogP contribution >= 0.6 is 11.8 Å². The molecule has 0 aliphatic carbocycles. The highest BCUT2D eigenvalue weighted by molar-refractivity contribution is 8.13. The third kappa shape index (κ3) is 26.3. The molecule has 0 saturated carbocycles. The Morgan fingerprint density at radius 1 is 0.659 bits per heavy atom. The van der Waals surface area contributed by atoms with Gasteiger partial charge in [0.2, 0.25) is 0 Å². The van der Waals surface area contributed by atoms with Crippen molar-refractivity contribution in [3.05, 3.63) is 0 Å². The summed E-state index contributed by atoms with van der Waals surface area (Å²) in [6.07, 6.45) is 12.9. The van der Waals surface area contributed by atoms with Crippen LogP contribution in [0.2, 0.25) is 0 Å². The van der Waals surface area contributed by atoms with Gasteiger partial charge in [0.05, 0.1) is 0 Å². The van der Waals surface area contributed by atoms with Gasteiger partial charge in [-0.2, -0.15) is 0 Å². The van der Waals surface area contributed by atoms with E-state index in [1.54, 1.807) is 4.90 Å². The first-order valence-corrected chi connectivity index (χ1v) is 17.7. The molecule has 0 radical (unpaired) electrons. The quantitative estimate of drug-likeness (QED) is 0.0383. The number of unbranched alkanes of at least 4 members (excludes halogenated alkanes) is 9. The van der Waals surface area contributed by atoms with Crippen LogP contribution in [0, 0.1) is 0 Å². The minimum Gasteiger partial charge on any atom is -0.462 e. The molecule has 0 saturated heterocycles. The van der Waals surface area contributed by atoms with E-state index < -0.39 is 12.1 Å². The minimum atomic E-state index is -0.895. The Hall–Kier alpha value is -2.14. The minimum absolute atomic E-state index is 0.0516. The number of aldehydes is 1. The van der Waals surface area contributed by atoms with Crippen LogP contribution in [0.3, 0.4) is 0 Å². The molecule has 0 aromatic rings. The van der Waals surface area contributed by atoms with E-state index in [-0.39, 0.29) is 36.8 Å². The highest BCUT2D eigenvalue weighted by Gasteiger charge is 2.20. The number of carbonyl (C=O) groups excluding carboxylic acids is 5. The number of carbonyl (C=O) groups is 5. The van der Waals surface area contributed by atoms with Crippen LogP contribution in [-0.2, 0) is 33.4 Å². The van der Waals surface area contributed by atoms with Crippen LogP contribution in [0.1, 0.15) is 123 Å². The Labute approximate surface area is 270 Å². The third-order valence-electron chi connectivity index (χ3n) is 6.92. The lowest BCUT2D eigenvalue weighted by molar-refractivity contribution is -0.167. The maximum Gasteiger partial charge on any atom is 0.306 e. The maximum atomic E-state index is 12.8. The van der Waals surface area contributed by atoms with E-state index in [4.69, 9.17) is 14.2 Å². The van der Waals surface area contributed by atoms with Gasteiger partial charge in [0.1, 0.15) is 19.5 Å². The molecule has 0 aliphatic heterocycles. The van der Waals surface area contributed by atoms with Gasteiger partial charge < -0.3 is 28.8 Å². The van der Waals surface area contributed by atoms with Gasteiger partial charge in [-0.3, -0.25) is 19.2 Å². The molecule has 0 rings (SSSR count). The Bertz CT molecular complexity index is 751. The Morgan fingerprint density at radius 2 is 1.18 bits per heavy atom. The first kappa shape index (κ1) is 41.9. The molecule has 0 spiro atoms. The zero-order chi connectivity index (χ0) is 32.8. The summed E-state index contributed by atoms with van der Waals surface area (Å²) in [6, 6.07) is 0. The second-order valence-electron chi connectivity index (χ2n) is 11.5. The average Bonchev–Trinajstić information content (AvgIpc) is 2.99. The standard InChI is InChI=1S/C33H60N2O8S/c1-5-7-9-11-13-19-30(37)41-27-29(28-42-31(38)20-14-12-10-8-6-2)43-32(39)21-17-24-35(23-15-16-25-36)33(40)44-26-18-22-34(3)4/h25,29H,5-24,26-28H2,1-4H3. The van der Waals surface area contributed by atoms with Gasteiger partial charge >= 0.3 is 17.9 Å². The van der Waals surface area contributed by atoms with Gasteiger partial charge in [0, 0.05) is 44.5 Å². The number of esters is 3. The smallest absolute Gasteiger partial charge is 0.306 e. The van der Waals surface area contributed by atoms with Crippen molar-refractivity contribution >= 4 is 41.2 Å². The predicted molar refractivity (Wildman–Crippen MR) is 176 cm³/mol. The van der Waals surface area contributed by atoms with E-state index in [0.29, 0.717) is 50.9 Å². The zero-order valence-electron chi connectivity index (χ0n) is 28.0. The highest BCUT2D eigenvalue weighted by atomic mass is 32.2. The predicted octanol–water partition coefficient (Wildman–Crippen LogP) is 6.57. The SMILES string of the molecule is CCCCCCCC(=O)OCC(COC(=O)CCCCCCC)OC(=O)CCCN(CCCC=O)C(=O)SCCCN(C)C. The molecular formula is C33H60N2O8S. The molecule has 0 N–H and O–H groups in total. The summed E-state index contributed by atoms with van der Waals surface area (Å²) < 4.78 is 16.3. The summed E-state index contributed by atoms with van der Waals surface area (Å²) in [6.45, 7) is 5.60. The Morgan fingerprint density at radius 3 is 1.70 bits per heavy atom. The van der Waals surface area contributed by atoms with E-state index in [1.165, 1.54) is 11.8 Å². The van der Waals surface area contributed by atoms with E-state index >= 15 is 0 Å². The molecule has 0 fully saturated rings. The van der Waals surface area contributed by atoms with E-state index in [2.05, 4.69) is 18.7 Å². The highest BCUT2D eigenvalue weighted by Crippen LogP contribution is 2.14. The lowest BCUT2D eigenvalue weighted by Crippen LogP contribution is -2.32. The van der Waals surface area contributed by atoms with E-state index in [9.17, 15) is 24.0 Å². The second-order valence-corrected chi connectivity index (χ2v) is 12.5. The first-order valence-electron chi connectivity index (χ1n) is 16.7. The van der Waals surface area contributed by atoms with Crippen LogP contribution in [0.25, 0.3) is 0 Å². The van der Waals surface area contributed by atoms with E-state index in [0.717, 1.165) is 83.5 Å². The molecule has 0 atom stereocenters. The van der Waals surface area contributed by atoms with Crippen molar-refractivity contribution in [1.82, 2.24) is 9.80 Å². The molecule has 0 heterocycles. The van der Waals surface area contributed by atoms with Crippen molar-refractivity contribution in [3.8, 4) is 0 Å². The van der Waals surface area contributed by atoms with Crippen LogP contribution in [0.15, 0.2) is 0 Å². The molecule has 1 amide bonds. The maximum absolute atomic E-state index is 12.8. The lowest BCUT2D eigenvalue weighted by atomic mass is 10.1. The first-order chi connectivity index (χ1) is 21.2. The molecule has 256 valence electrons. The van der Waals surface area contributed by atoms with Crippen molar-refractivity contribution in [1.29, 1.82) is 0 Å². The molecule has 44 heavy (non-hydrogen) atoms. The van der Waals surface area contributed by atoms with Gasteiger partial charge in [-0.05, 0) is 52.7 Å². The number of amides is 1. The monoisotopic (exact) mass is 644 g/mol. The Balaban J connectivity index is 4.87. The van der Waals surface area contributed by atoms with Gasteiger partial charge in [-0.1, -0.05) is 77.0 Å². The lowest BCUT2D eigenvalue weighted by Gasteiger charge is -2.22. The Kier molecular flexibility index (Phi) is 28.1. The molecule has 0 aromatic carbocycles. The normalized spacial score (nSPS) is 11.0. The van der Waals surface area contributed by atoms with Gasteiger partial charge in [-0.15, -0.1) is 0 Å². The zero-order valence-corrected chi connectivity index (χ0v) is 28.8. The summed E-state index contributed by atoms with van der Waals surface area (Å²) in [5.74, 6) is -0.547. The number of hydrogen-bond donors (Lipinski definition) is 0. The van der Waals surface area contributed by atoms with Crippen LogP contribution < -0.4 is 0 Å². The van der Waals surface area contributed by atoms with Crippen LogP contribution in [0.4, 0.5) is 4.79 Å². The number of rotatable bonds is 29. The molecule has 0 unspecified atom stereocenters. The molecule has 10 nitrogen and oxygen atoms in total. The largest absolute Gasteiger partial charge is 0.462 e. The summed E-state index contributed by atoms with van der Waals surface area (Å²) in [5, 5.41) is -0.0656. The number of thioether (sulfide) groups is 1. The van der Waals surface area contributed by atoms with Gasteiger partial charge in [0.15, 0.2) is 6.10 Å². The van der Waals surface area contributed by atoms with Gasteiger partial charge in [0.25, 0.3) is 5.24 Å². The second kappa shape index (κ2) is 29.6. The van der Waals surface area contributed by atoms with Crippen LogP contribution in [0.5, 0.6) is 0 Å². The molecule has 0 aromatic heterocycles. The fraction of sp³-hybridized carbons (Fsp3) is 0.848. The fourth-order valence-corrected chi connectivity index (χ4v) is 5.14. The van der Waals surface area contributed by atoms with Crippen molar-refractivity contribution in [2.24, 2.45) is 0 Å². The summed E-state index contributed by atoms with van der Waals surface area (Å²) in [4.78, 5) is 64.5. The molecule has 0 aliphatic rings. The van der Waals surface area contributed by atoms with Crippen molar-refractivity contribution < 1.29 is 38.2 Å². The summed E-state index contributed by atoms with van der Waals surface area (Å²) in [7, 11) is 3.97. The topological polar surface area (TPSA) is 120 Å². The number of nitrogens with zero attached hydrogens (tertiary/aromatic N) is 2. The third-order valence-corrected chi connectivity index (χ3v) is 7.92. The number of hydrogen-bond acceptors (Lipinski definition) is 10. The fourth-order valence-electron chi connectivity index (χ4n) is 4.33. The molecule has 0 bridgehead atoms. The van der Waals surface area contributed by atoms with Crippen molar-refractivity contribution in [2.45, 2.75) is 129 Å². The number of ether oxygens (including phenoxy) is 3. The summed E-state index contributed by atoms with van der Waals surface area (Å²) in [5.41, 5.74) is 0. The van der Waals surface area contributed by atoms with Crippen LogP contribution in [-0.4, -0.2) is 98.0 Å². The van der Waals surface area contributed by atoms with E-state index in [1.807, 2.05) is 14.1 Å². The van der Waals surface area contributed by atoms with Gasteiger partial charge in [-0.25, -0.2) is 0 Å². The summed E-state index contributed by atoms with van der Waals surface area (Å²) >= 11 is 1.25. The van der Waals surface area contributed by atoms with Crippen molar-refractivity contribution in [3.63, 3.8) is 0 Å². The molecule has 11 heteroatoms. The average molecular weight is 645 g/mol.